The minimum absolute atomic E-state index is 0.301. The maximum Gasteiger partial charge on any atom is 0.337 e. The van der Waals surface area contributed by atoms with Crippen molar-refractivity contribution in [1.29, 1.82) is 0 Å². The Morgan fingerprint density at radius 1 is 1.00 bits per heavy atom. The number of piperazine rings is 1. The second-order valence-corrected chi connectivity index (χ2v) is 7.86. The van der Waals surface area contributed by atoms with E-state index in [0.29, 0.717) is 5.56 Å². The number of carbonyl (C=O) groups excluding carboxylic acids is 1. The van der Waals surface area contributed by atoms with Crippen molar-refractivity contribution in [2.45, 2.75) is 6.42 Å². The third-order valence-corrected chi connectivity index (χ3v) is 6.15. The Morgan fingerprint density at radius 3 is 2.67 bits per heavy atom. The Hall–Kier alpha value is -3.25. The van der Waals surface area contributed by atoms with Gasteiger partial charge in [0.15, 0.2) is 0 Å². The zero-order chi connectivity index (χ0) is 20.5. The highest BCUT2D eigenvalue weighted by Crippen LogP contribution is 2.29. The molecule has 0 spiro atoms. The third-order valence-electron chi connectivity index (χ3n) is 6.15. The summed E-state index contributed by atoms with van der Waals surface area (Å²) in [5, 5.41) is 2.47. The fourth-order valence-corrected chi connectivity index (χ4v) is 4.47. The number of aromatic amines is 2. The van der Waals surface area contributed by atoms with Crippen molar-refractivity contribution in [3.8, 4) is 0 Å². The molecule has 154 valence electrons. The van der Waals surface area contributed by atoms with Crippen molar-refractivity contribution < 1.29 is 9.53 Å². The Labute approximate surface area is 175 Å². The van der Waals surface area contributed by atoms with Gasteiger partial charge in [-0.3, -0.25) is 4.90 Å². The number of rotatable bonds is 5. The molecule has 1 aliphatic heterocycles. The average Bonchev–Trinajstić information content (AvgIpc) is 3.44. The molecule has 3 heterocycles. The van der Waals surface area contributed by atoms with Gasteiger partial charge < -0.3 is 19.6 Å². The van der Waals surface area contributed by atoms with Crippen molar-refractivity contribution in [1.82, 2.24) is 14.9 Å². The van der Waals surface area contributed by atoms with E-state index in [-0.39, 0.29) is 5.97 Å². The Balaban J connectivity index is 1.27. The van der Waals surface area contributed by atoms with Gasteiger partial charge in [-0.05, 0) is 36.2 Å². The van der Waals surface area contributed by atoms with Crippen LogP contribution in [0.3, 0.4) is 0 Å². The van der Waals surface area contributed by atoms with Gasteiger partial charge in [0, 0.05) is 72.6 Å². The summed E-state index contributed by atoms with van der Waals surface area (Å²) in [6.45, 7) is 4.96. The summed E-state index contributed by atoms with van der Waals surface area (Å²) in [4.78, 5) is 23.6. The Kier molecular flexibility index (Phi) is 4.93. The molecule has 0 radical (unpaired) electrons. The molecular weight excluding hydrogens is 376 g/mol. The van der Waals surface area contributed by atoms with Crippen molar-refractivity contribution in [2.24, 2.45) is 0 Å². The average molecular weight is 402 g/mol. The molecule has 6 nitrogen and oxygen atoms in total. The van der Waals surface area contributed by atoms with Gasteiger partial charge in [0.05, 0.1) is 12.7 Å². The summed E-state index contributed by atoms with van der Waals surface area (Å²) < 4.78 is 4.94. The number of para-hydroxylation sites is 1. The predicted octanol–water partition coefficient (Wildman–Crippen LogP) is 3.80. The van der Waals surface area contributed by atoms with Crippen LogP contribution in [0.4, 0.5) is 5.69 Å². The number of nitrogens with zero attached hydrogens (tertiary/aromatic N) is 2. The van der Waals surface area contributed by atoms with Gasteiger partial charge >= 0.3 is 5.97 Å². The number of hydrogen-bond donors (Lipinski definition) is 2. The van der Waals surface area contributed by atoms with E-state index in [2.05, 4.69) is 56.3 Å². The lowest BCUT2D eigenvalue weighted by molar-refractivity contribution is 0.0601. The summed E-state index contributed by atoms with van der Waals surface area (Å²) in [5.41, 5.74) is 5.25. The van der Waals surface area contributed by atoms with Gasteiger partial charge in [-0.15, -0.1) is 0 Å². The van der Waals surface area contributed by atoms with E-state index in [9.17, 15) is 4.79 Å². The largest absolute Gasteiger partial charge is 0.465 e. The maximum atomic E-state index is 12.1. The number of fused-ring (bicyclic) bond motifs is 2. The molecule has 0 aliphatic carbocycles. The molecule has 2 aromatic carbocycles. The molecule has 0 bridgehead atoms. The SMILES string of the molecule is COC(=O)c1cc(N2CCN(CCc3c[nH]c4ccccc34)CC2)c2cc[nH]c2c1. The summed E-state index contributed by atoms with van der Waals surface area (Å²) >= 11 is 0. The van der Waals surface area contributed by atoms with Crippen molar-refractivity contribution in [3.63, 3.8) is 0 Å². The van der Waals surface area contributed by atoms with Crippen molar-refractivity contribution in [2.75, 3.05) is 44.7 Å². The molecule has 5 rings (SSSR count). The van der Waals surface area contributed by atoms with Crippen LogP contribution in [0.1, 0.15) is 15.9 Å². The number of hydrogen-bond acceptors (Lipinski definition) is 4. The molecule has 1 saturated heterocycles. The number of aromatic nitrogens is 2. The molecule has 1 fully saturated rings. The minimum Gasteiger partial charge on any atom is -0.465 e. The van der Waals surface area contributed by atoms with E-state index in [1.165, 1.54) is 23.6 Å². The zero-order valence-electron chi connectivity index (χ0n) is 17.1. The summed E-state index contributed by atoms with van der Waals surface area (Å²) in [6.07, 6.45) is 5.11. The smallest absolute Gasteiger partial charge is 0.337 e. The van der Waals surface area contributed by atoms with E-state index < -0.39 is 0 Å². The lowest BCUT2D eigenvalue weighted by Gasteiger charge is -2.36. The van der Waals surface area contributed by atoms with E-state index in [1.54, 1.807) is 0 Å². The first-order valence-electron chi connectivity index (χ1n) is 10.4. The van der Waals surface area contributed by atoms with Crippen molar-refractivity contribution >= 4 is 33.5 Å². The van der Waals surface area contributed by atoms with E-state index in [4.69, 9.17) is 4.74 Å². The van der Waals surface area contributed by atoms with Gasteiger partial charge in [0.25, 0.3) is 0 Å². The van der Waals surface area contributed by atoms with Gasteiger partial charge in [-0.2, -0.15) is 0 Å². The van der Waals surface area contributed by atoms with Crippen LogP contribution in [0.25, 0.3) is 21.8 Å². The highest BCUT2D eigenvalue weighted by Gasteiger charge is 2.21. The molecule has 6 heteroatoms. The van der Waals surface area contributed by atoms with Crippen LogP contribution in [0.2, 0.25) is 0 Å². The summed E-state index contributed by atoms with van der Waals surface area (Å²) in [7, 11) is 1.42. The molecule has 1 aliphatic rings. The fraction of sp³-hybridized carbons (Fsp3) is 0.292. The Morgan fingerprint density at radius 2 is 1.83 bits per heavy atom. The van der Waals surface area contributed by atoms with Gasteiger partial charge in [0.2, 0.25) is 0 Å². The fourth-order valence-electron chi connectivity index (χ4n) is 4.47. The van der Waals surface area contributed by atoms with Gasteiger partial charge in [-0.25, -0.2) is 4.79 Å². The number of H-pyrrole nitrogens is 2. The number of carbonyl (C=O) groups is 1. The second kappa shape index (κ2) is 7.88. The molecule has 0 atom stereocenters. The Bertz CT molecular complexity index is 1180. The van der Waals surface area contributed by atoms with E-state index in [0.717, 1.165) is 55.7 Å². The highest BCUT2D eigenvalue weighted by atomic mass is 16.5. The number of ether oxygens (including phenoxy) is 1. The number of benzene rings is 2. The molecule has 0 unspecified atom stereocenters. The molecular formula is C24H26N4O2. The van der Waals surface area contributed by atoms with Crippen LogP contribution in [0.5, 0.6) is 0 Å². The molecule has 0 amide bonds. The normalized spacial score (nSPS) is 15.2. The van der Waals surface area contributed by atoms with Crippen LogP contribution in [0, 0.1) is 0 Å². The number of esters is 1. The van der Waals surface area contributed by atoms with Crippen molar-refractivity contribution in [3.05, 3.63) is 66.0 Å². The lowest BCUT2D eigenvalue weighted by atomic mass is 10.1. The number of methoxy groups -OCH3 is 1. The molecule has 4 aromatic rings. The van der Waals surface area contributed by atoms with Crippen LogP contribution < -0.4 is 4.90 Å². The quantitative estimate of drug-likeness (QED) is 0.499. The minimum atomic E-state index is -0.301. The van der Waals surface area contributed by atoms with Gasteiger partial charge in [-0.1, -0.05) is 18.2 Å². The summed E-state index contributed by atoms with van der Waals surface area (Å²) in [6, 6.07) is 14.4. The maximum absolute atomic E-state index is 12.1. The van der Waals surface area contributed by atoms with Crippen LogP contribution in [0.15, 0.2) is 54.9 Å². The zero-order valence-corrected chi connectivity index (χ0v) is 17.1. The number of anilines is 1. The topological polar surface area (TPSA) is 64.4 Å². The first-order chi connectivity index (χ1) is 14.7. The summed E-state index contributed by atoms with van der Waals surface area (Å²) in [5.74, 6) is -0.301. The first kappa shape index (κ1) is 18.8. The van der Waals surface area contributed by atoms with Crippen LogP contribution in [-0.4, -0.2) is 60.7 Å². The third kappa shape index (κ3) is 3.44. The predicted molar refractivity (Wildman–Crippen MR) is 120 cm³/mol. The number of nitrogens with one attached hydrogen (secondary N) is 2. The first-order valence-corrected chi connectivity index (χ1v) is 10.4. The second-order valence-electron chi connectivity index (χ2n) is 7.86. The molecule has 0 saturated carbocycles. The monoisotopic (exact) mass is 402 g/mol. The van der Waals surface area contributed by atoms with E-state index in [1.807, 2.05) is 18.3 Å². The van der Waals surface area contributed by atoms with Crippen LogP contribution in [-0.2, 0) is 11.2 Å². The molecule has 2 aromatic heterocycles. The lowest BCUT2D eigenvalue weighted by Crippen LogP contribution is -2.47. The molecule has 2 N–H and O–H groups in total. The van der Waals surface area contributed by atoms with E-state index >= 15 is 0 Å². The highest BCUT2D eigenvalue weighted by molar-refractivity contribution is 6.00. The molecule has 30 heavy (non-hydrogen) atoms. The van der Waals surface area contributed by atoms with Crippen LogP contribution >= 0.6 is 0 Å². The standard InChI is InChI=1S/C24H26N4O2/c1-30-24(29)18-14-22-20(6-8-25-22)23(15-18)28-12-10-27(11-13-28)9-7-17-16-26-21-5-3-2-4-19(17)21/h2-6,8,14-16,25-26H,7,9-13H2,1H3. The van der Waals surface area contributed by atoms with Gasteiger partial charge in [0.1, 0.15) is 0 Å².